The topological polar surface area (TPSA) is 73.0 Å². The van der Waals surface area contributed by atoms with Crippen LogP contribution >= 0.6 is 24.0 Å². The van der Waals surface area contributed by atoms with Gasteiger partial charge in [0.25, 0.3) is 0 Å². The van der Waals surface area contributed by atoms with Crippen molar-refractivity contribution in [2.75, 3.05) is 26.2 Å². The van der Waals surface area contributed by atoms with Crippen molar-refractivity contribution in [1.82, 2.24) is 15.5 Å². The number of aliphatic hydroxyl groups is 1. The van der Waals surface area contributed by atoms with E-state index < -0.39 is 5.60 Å². The number of nitrogens with zero attached hydrogens (tertiary/aromatic N) is 2. The van der Waals surface area contributed by atoms with E-state index >= 15 is 0 Å². The number of benzene rings is 1. The molecule has 2 aromatic rings. The smallest absolute Gasteiger partial charge is 0.191 e. The first-order valence-electron chi connectivity index (χ1n) is 10.7. The molecule has 166 valence electrons. The molecule has 0 aliphatic carbocycles. The zero-order valence-corrected chi connectivity index (χ0v) is 20.4. The van der Waals surface area contributed by atoms with E-state index in [0.717, 1.165) is 13.1 Å². The van der Waals surface area contributed by atoms with E-state index in [2.05, 4.69) is 44.8 Å². The van der Waals surface area contributed by atoms with Crippen LogP contribution in [0.3, 0.4) is 0 Å². The molecule has 0 radical (unpaired) electrons. The Balaban J connectivity index is 0.00000320. The van der Waals surface area contributed by atoms with Gasteiger partial charge < -0.3 is 20.2 Å². The molecule has 1 unspecified atom stereocenters. The zero-order chi connectivity index (χ0) is 20.5. The van der Waals surface area contributed by atoms with Crippen LogP contribution in [0.15, 0.2) is 52.1 Å². The van der Waals surface area contributed by atoms with Gasteiger partial charge in [0.2, 0.25) is 0 Å². The molecule has 6 nitrogen and oxygen atoms in total. The summed E-state index contributed by atoms with van der Waals surface area (Å²) in [4.78, 5) is 7.19. The van der Waals surface area contributed by atoms with Crippen molar-refractivity contribution >= 4 is 29.9 Å². The van der Waals surface area contributed by atoms with Crippen LogP contribution in [0.25, 0.3) is 0 Å². The monoisotopic (exact) mass is 526 g/mol. The maximum Gasteiger partial charge on any atom is 0.191 e. The first kappa shape index (κ1) is 24.7. The van der Waals surface area contributed by atoms with Gasteiger partial charge in [-0.2, -0.15) is 0 Å². The molecular weight excluding hydrogens is 491 g/mol. The molecule has 0 bridgehead atoms. The van der Waals surface area contributed by atoms with E-state index in [1.807, 2.05) is 6.92 Å². The molecule has 1 atom stereocenters. The molecule has 2 heterocycles. The third kappa shape index (κ3) is 7.59. The SMILES string of the molecule is CCNC(=NCc1ccc(CN2CCCCC2)cc1)NCC(C)(O)c1ccco1.I. The van der Waals surface area contributed by atoms with Crippen LogP contribution in [0.2, 0.25) is 0 Å². The normalized spacial score (nSPS) is 17.1. The highest BCUT2D eigenvalue weighted by Gasteiger charge is 2.26. The fourth-order valence-electron chi connectivity index (χ4n) is 3.57. The lowest BCUT2D eigenvalue weighted by atomic mass is 10.0. The van der Waals surface area contributed by atoms with Gasteiger partial charge in [-0.1, -0.05) is 30.7 Å². The number of piperidine rings is 1. The third-order valence-electron chi connectivity index (χ3n) is 5.29. The summed E-state index contributed by atoms with van der Waals surface area (Å²) < 4.78 is 5.33. The van der Waals surface area contributed by atoms with Crippen LogP contribution in [0.5, 0.6) is 0 Å². The summed E-state index contributed by atoms with van der Waals surface area (Å²) in [5.41, 5.74) is 1.43. The number of hydrogen-bond acceptors (Lipinski definition) is 4. The maximum absolute atomic E-state index is 10.6. The van der Waals surface area contributed by atoms with E-state index in [-0.39, 0.29) is 24.0 Å². The molecule has 1 aromatic carbocycles. The molecule has 30 heavy (non-hydrogen) atoms. The standard InChI is InChI=1S/C23H34N4O2.HI/c1-3-24-22(26-18-23(2,28)21-8-7-15-29-21)25-16-19-9-11-20(12-10-19)17-27-13-5-4-6-14-27;/h7-12,15,28H,3-6,13-14,16-18H2,1-2H3,(H2,24,25,26);1H. The van der Waals surface area contributed by atoms with Crippen molar-refractivity contribution in [3.8, 4) is 0 Å². The predicted molar refractivity (Wildman–Crippen MR) is 132 cm³/mol. The highest BCUT2D eigenvalue weighted by Crippen LogP contribution is 2.19. The Morgan fingerprint density at radius 1 is 1.10 bits per heavy atom. The first-order chi connectivity index (χ1) is 14.1. The summed E-state index contributed by atoms with van der Waals surface area (Å²) in [6.45, 7) is 8.86. The molecular formula is C23H35IN4O2. The van der Waals surface area contributed by atoms with Gasteiger partial charge >= 0.3 is 0 Å². The van der Waals surface area contributed by atoms with Gasteiger partial charge in [-0.25, -0.2) is 4.99 Å². The maximum atomic E-state index is 10.6. The number of halogens is 1. The van der Waals surface area contributed by atoms with E-state index in [0.29, 0.717) is 24.8 Å². The van der Waals surface area contributed by atoms with Gasteiger partial charge in [-0.15, -0.1) is 24.0 Å². The molecule has 1 fully saturated rings. The van der Waals surface area contributed by atoms with Gasteiger partial charge in [-0.3, -0.25) is 4.90 Å². The van der Waals surface area contributed by atoms with Crippen LogP contribution in [0, 0.1) is 0 Å². The van der Waals surface area contributed by atoms with E-state index in [1.54, 1.807) is 25.3 Å². The van der Waals surface area contributed by atoms with Crippen LogP contribution in [-0.4, -0.2) is 42.1 Å². The number of hydrogen-bond donors (Lipinski definition) is 3. The second kappa shape index (κ2) is 12.3. The molecule has 3 rings (SSSR count). The number of nitrogens with one attached hydrogen (secondary N) is 2. The van der Waals surface area contributed by atoms with Gasteiger partial charge in [0.05, 0.1) is 19.4 Å². The molecule has 1 saturated heterocycles. The number of aliphatic imine (C=N–C) groups is 1. The molecule has 0 amide bonds. The second-order valence-corrected chi connectivity index (χ2v) is 7.95. The molecule has 1 aromatic heterocycles. The highest BCUT2D eigenvalue weighted by molar-refractivity contribution is 14.0. The Morgan fingerprint density at radius 3 is 2.43 bits per heavy atom. The largest absolute Gasteiger partial charge is 0.466 e. The number of rotatable bonds is 8. The van der Waals surface area contributed by atoms with Crippen LogP contribution in [-0.2, 0) is 18.7 Å². The highest BCUT2D eigenvalue weighted by atomic mass is 127. The van der Waals surface area contributed by atoms with Crippen molar-refractivity contribution in [3.05, 3.63) is 59.5 Å². The van der Waals surface area contributed by atoms with E-state index in [9.17, 15) is 5.11 Å². The summed E-state index contributed by atoms with van der Waals surface area (Å²) in [5.74, 6) is 1.21. The Kier molecular flexibility index (Phi) is 10.1. The Morgan fingerprint density at radius 2 is 1.80 bits per heavy atom. The minimum atomic E-state index is -1.10. The molecule has 7 heteroatoms. The van der Waals surface area contributed by atoms with Crippen LogP contribution < -0.4 is 10.6 Å². The third-order valence-corrected chi connectivity index (χ3v) is 5.29. The Labute approximate surface area is 197 Å². The summed E-state index contributed by atoms with van der Waals surface area (Å²) in [5, 5.41) is 17.0. The quantitative estimate of drug-likeness (QED) is 0.277. The number of furan rings is 1. The van der Waals surface area contributed by atoms with Crippen LogP contribution in [0.1, 0.15) is 50.0 Å². The zero-order valence-electron chi connectivity index (χ0n) is 18.1. The molecule has 0 saturated carbocycles. The molecule has 1 aliphatic heterocycles. The van der Waals surface area contributed by atoms with Gasteiger partial charge in [0.1, 0.15) is 11.4 Å². The van der Waals surface area contributed by atoms with Gasteiger partial charge in [-0.05, 0) is 63.0 Å². The van der Waals surface area contributed by atoms with Crippen LogP contribution in [0.4, 0.5) is 0 Å². The van der Waals surface area contributed by atoms with Crippen molar-refractivity contribution < 1.29 is 9.52 Å². The lowest BCUT2D eigenvalue weighted by Crippen LogP contribution is -2.44. The molecule has 1 aliphatic rings. The molecule has 0 spiro atoms. The Hall–Kier alpha value is -1.58. The summed E-state index contributed by atoms with van der Waals surface area (Å²) in [7, 11) is 0. The Bertz CT molecular complexity index is 754. The van der Waals surface area contributed by atoms with Gasteiger partial charge in [0.15, 0.2) is 5.96 Å². The summed E-state index contributed by atoms with van der Waals surface area (Å²) >= 11 is 0. The predicted octanol–water partition coefficient (Wildman–Crippen LogP) is 3.85. The van der Waals surface area contributed by atoms with Crippen molar-refractivity contribution in [2.45, 2.75) is 51.8 Å². The van der Waals surface area contributed by atoms with E-state index in [1.165, 1.54) is 43.5 Å². The lowest BCUT2D eigenvalue weighted by molar-refractivity contribution is 0.0386. The van der Waals surface area contributed by atoms with Crippen molar-refractivity contribution in [3.63, 3.8) is 0 Å². The van der Waals surface area contributed by atoms with Crippen molar-refractivity contribution in [1.29, 1.82) is 0 Å². The average Bonchev–Trinajstić information content (AvgIpc) is 3.28. The molecule has 3 N–H and O–H groups in total. The minimum Gasteiger partial charge on any atom is -0.466 e. The fourth-order valence-corrected chi connectivity index (χ4v) is 3.57. The second-order valence-electron chi connectivity index (χ2n) is 7.95. The summed E-state index contributed by atoms with van der Waals surface area (Å²) in [6, 6.07) is 12.3. The number of likely N-dealkylation sites (tertiary alicyclic amines) is 1. The number of guanidine groups is 1. The van der Waals surface area contributed by atoms with Crippen molar-refractivity contribution in [2.24, 2.45) is 4.99 Å². The first-order valence-corrected chi connectivity index (χ1v) is 10.7. The lowest BCUT2D eigenvalue weighted by Gasteiger charge is -2.26. The van der Waals surface area contributed by atoms with E-state index in [4.69, 9.17) is 4.42 Å². The fraction of sp³-hybridized carbons (Fsp3) is 0.522. The average molecular weight is 526 g/mol. The minimum absolute atomic E-state index is 0. The summed E-state index contributed by atoms with van der Waals surface area (Å²) in [6.07, 6.45) is 5.57. The van der Waals surface area contributed by atoms with Gasteiger partial charge in [0, 0.05) is 13.1 Å².